The molecule has 25 heavy (non-hydrogen) atoms. The van der Waals surface area contributed by atoms with Gasteiger partial charge in [0.05, 0.1) is 4.88 Å². The number of aryl methyl sites for hydroxylation is 1. The van der Waals surface area contributed by atoms with Crippen LogP contribution in [0.25, 0.3) is 0 Å². The van der Waals surface area contributed by atoms with Crippen LogP contribution >= 0.6 is 11.3 Å². The van der Waals surface area contributed by atoms with E-state index in [9.17, 15) is 9.59 Å². The summed E-state index contributed by atoms with van der Waals surface area (Å²) < 4.78 is 0. The van der Waals surface area contributed by atoms with Gasteiger partial charge in [0, 0.05) is 49.1 Å². The van der Waals surface area contributed by atoms with Crippen molar-refractivity contribution in [1.29, 1.82) is 0 Å². The summed E-state index contributed by atoms with van der Waals surface area (Å²) in [6.07, 6.45) is 5.59. The zero-order valence-corrected chi connectivity index (χ0v) is 16.1. The molecule has 6 heteroatoms. The molecule has 0 radical (unpaired) electrons. The lowest BCUT2D eigenvalue weighted by atomic mass is 9.72. The fourth-order valence-corrected chi connectivity index (χ4v) is 4.43. The molecular formula is C19H27N3O2S. The third kappa shape index (κ3) is 4.12. The maximum Gasteiger partial charge on any atom is 0.263 e. The van der Waals surface area contributed by atoms with E-state index in [0.29, 0.717) is 0 Å². The second-order valence-corrected chi connectivity index (χ2v) is 8.85. The van der Waals surface area contributed by atoms with Gasteiger partial charge < -0.3 is 14.7 Å². The van der Waals surface area contributed by atoms with E-state index < -0.39 is 0 Å². The Bertz CT molecular complexity index is 664. The number of likely N-dealkylation sites (N-methyl/N-ethyl adjacent to an activating group) is 1. The lowest BCUT2D eigenvalue weighted by molar-refractivity contribution is -0.140. The van der Waals surface area contributed by atoms with Crippen molar-refractivity contribution >= 4 is 23.2 Å². The maximum absolute atomic E-state index is 12.5. The second kappa shape index (κ2) is 7.30. The molecule has 136 valence electrons. The number of hydrogen-bond donors (Lipinski definition) is 0. The maximum atomic E-state index is 12.5. The highest BCUT2D eigenvalue weighted by Gasteiger charge is 2.46. The lowest BCUT2D eigenvalue weighted by Crippen LogP contribution is -2.62. The number of amides is 2. The van der Waals surface area contributed by atoms with E-state index in [1.165, 1.54) is 4.88 Å². The average molecular weight is 362 g/mol. The van der Waals surface area contributed by atoms with E-state index >= 15 is 0 Å². The first-order valence-electron chi connectivity index (χ1n) is 8.84. The Balaban J connectivity index is 1.46. The Morgan fingerprint density at radius 3 is 2.44 bits per heavy atom. The van der Waals surface area contributed by atoms with Crippen molar-refractivity contribution in [1.82, 2.24) is 14.7 Å². The van der Waals surface area contributed by atoms with Crippen LogP contribution in [-0.2, 0) is 4.79 Å². The molecule has 0 aliphatic carbocycles. The highest BCUT2D eigenvalue weighted by Crippen LogP contribution is 2.40. The molecule has 0 saturated carbocycles. The smallest absolute Gasteiger partial charge is 0.263 e. The molecule has 0 N–H and O–H groups in total. The number of rotatable bonds is 4. The summed E-state index contributed by atoms with van der Waals surface area (Å²) in [4.78, 5) is 32.6. The van der Waals surface area contributed by atoms with Gasteiger partial charge in [-0.15, -0.1) is 11.3 Å². The van der Waals surface area contributed by atoms with Crippen LogP contribution < -0.4 is 0 Å². The number of carbonyl (C=O) groups excluding carboxylic acids is 2. The topological polar surface area (TPSA) is 43.9 Å². The van der Waals surface area contributed by atoms with Gasteiger partial charge in [0.15, 0.2) is 0 Å². The molecule has 3 heterocycles. The van der Waals surface area contributed by atoms with E-state index in [0.717, 1.165) is 50.4 Å². The van der Waals surface area contributed by atoms with Crippen molar-refractivity contribution in [2.24, 2.45) is 5.41 Å². The minimum Gasteiger partial charge on any atom is -0.338 e. The summed E-state index contributed by atoms with van der Waals surface area (Å²) in [6.45, 7) is 6.07. The van der Waals surface area contributed by atoms with Crippen molar-refractivity contribution in [3.05, 3.63) is 34.0 Å². The van der Waals surface area contributed by atoms with E-state index in [1.807, 2.05) is 53.9 Å². The van der Waals surface area contributed by atoms with Gasteiger partial charge in [-0.05, 0) is 46.0 Å². The molecule has 2 saturated heterocycles. The molecule has 0 aromatic carbocycles. The molecule has 5 nitrogen and oxygen atoms in total. The Hall–Kier alpha value is -1.66. The van der Waals surface area contributed by atoms with Crippen LogP contribution in [0.5, 0.6) is 0 Å². The van der Waals surface area contributed by atoms with Gasteiger partial charge in [0.2, 0.25) is 5.91 Å². The molecule has 3 rings (SSSR count). The van der Waals surface area contributed by atoms with Crippen molar-refractivity contribution < 1.29 is 9.59 Å². The van der Waals surface area contributed by atoms with Gasteiger partial charge in [-0.1, -0.05) is 6.08 Å². The molecule has 1 aromatic heterocycles. The molecule has 0 atom stereocenters. The van der Waals surface area contributed by atoms with Gasteiger partial charge in [0.1, 0.15) is 0 Å². The van der Waals surface area contributed by atoms with Crippen LogP contribution in [0.1, 0.15) is 27.4 Å². The molecule has 1 aromatic rings. The largest absolute Gasteiger partial charge is 0.338 e. The molecular weight excluding hydrogens is 334 g/mol. The zero-order chi connectivity index (χ0) is 18.0. The van der Waals surface area contributed by atoms with Gasteiger partial charge in [-0.3, -0.25) is 9.59 Å². The normalized spacial score (nSPS) is 19.7. The number of piperidine rings is 1. The summed E-state index contributed by atoms with van der Waals surface area (Å²) in [6, 6.07) is 3.93. The first-order chi connectivity index (χ1) is 11.9. The van der Waals surface area contributed by atoms with Crippen molar-refractivity contribution in [3.8, 4) is 0 Å². The van der Waals surface area contributed by atoms with Gasteiger partial charge >= 0.3 is 0 Å². The van der Waals surface area contributed by atoms with Crippen molar-refractivity contribution in [2.45, 2.75) is 19.8 Å². The molecule has 0 bridgehead atoms. The number of nitrogens with zero attached hydrogens (tertiary/aromatic N) is 3. The van der Waals surface area contributed by atoms with E-state index in [1.54, 1.807) is 17.4 Å². The monoisotopic (exact) mass is 361 g/mol. The highest BCUT2D eigenvalue weighted by atomic mass is 32.1. The Morgan fingerprint density at radius 2 is 1.88 bits per heavy atom. The number of thiophene rings is 1. The third-order valence-electron chi connectivity index (χ3n) is 5.16. The third-order valence-corrected chi connectivity index (χ3v) is 6.15. The van der Waals surface area contributed by atoms with E-state index in [-0.39, 0.29) is 17.2 Å². The summed E-state index contributed by atoms with van der Waals surface area (Å²) in [5.74, 6) is 0.270. The fraction of sp³-hybridized carbons (Fsp3) is 0.579. The Labute approximate surface area is 153 Å². The van der Waals surface area contributed by atoms with Crippen molar-refractivity contribution in [2.75, 3.05) is 46.8 Å². The second-order valence-electron chi connectivity index (χ2n) is 7.56. The first kappa shape index (κ1) is 18.1. The van der Waals surface area contributed by atoms with Crippen LogP contribution in [0.15, 0.2) is 24.3 Å². The minimum atomic E-state index is 0.111. The summed E-state index contributed by atoms with van der Waals surface area (Å²) in [5, 5.41) is 0. The lowest BCUT2D eigenvalue weighted by Gasteiger charge is -2.53. The molecule has 2 aliphatic rings. The van der Waals surface area contributed by atoms with E-state index in [2.05, 4.69) is 0 Å². The van der Waals surface area contributed by atoms with Gasteiger partial charge in [-0.2, -0.15) is 0 Å². The highest BCUT2D eigenvalue weighted by molar-refractivity contribution is 7.13. The van der Waals surface area contributed by atoms with Gasteiger partial charge in [0.25, 0.3) is 5.91 Å². The predicted molar refractivity (Wildman–Crippen MR) is 101 cm³/mol. The van der Waals surface area contributed by atoms with Crippen LogP contribution in [0.3, 0.4) is 0 Å². The Kier molecular flexibility index (Phi) is 5.29. The molecule has 2 amide bonds. The van der Waals surface area contributed by atoms with Crippen molar-refractivity contribution in [3.63, 3.8) is 0 Å². The predicted octanol–water partition coefficient (Wildman–Crippen LogP) is 2.24. The molecule has 2 fully saturated rings. The summed E-state index contributed by atoms with van der Waals surface area (Å²) in [5.41, 5.74) is 0.229. The standard InChI is InChI=1S/C19H27N3O2S/c1-15-6-7-16(25-15)18(24)21-11-8-19(9-12-21)13-22(14-19)17(23)5-4-10-20(2)3/h4-7H,8-14H2,1-3H3/b5-4+. The number of likely N-dealkylation sites (tertiary alicyclic amines) is 2. The molecule has 0 unspecified atom stereocenters. The van der Waals surface area contributed by atoms with Crippen LogP contribution in [-0.4, -0.2) is 73.3 Å². The quantitative estimate of drug-likeness (QED) is 0.773. The summed E-state index contributed by atoms with van der Waals surface area (Å²) >= 11 is 1.57. The van der Waals surface area contributed by atoms with Crippen LogP contribution in [0.4, 0.5) is 0 Å². The number of carbonyl (C=O) groups is 2. The average Bonchev–Trinajstić information content (AvgIpc) is 2.98. The molecule has 2 aliphatic heterocycles. The minimum absolute atomic E-state index is 0.111. The first-order valence-corrected chi connectivity index (χ1v) is 9.66. The van der Waals surface area contributed by atoms with Crippen LogP contribution in [0.2, 0.25) is 0 Å². The van der Waals surface area contributed by atoms with Crippen LogP contribution in [0, 0.1) is 12.3 Å². The zero-order valence-electron chi connectivity index (χ0n) is 15.3. The Morgan fingerprint density at radius 1 is 1.20 bits per heavy atom. The van der Waals surface area contributed by atoms with Gasteiger partial charge in [-0.25, -0.2) is 0 Å². The fourth-order valence-electron chi connectivity index (χ4n) is 3.59. The number of hydrogen-bond acceptors (Lipinski definition) is 4. The van der Waals surface area contributed by atoms with E-state index in [4.69, 9.17) is 0 Å². The SMILES string of the molecule is Cc1ccc(C(=O)N2CCC3(CC2)CN(C(=O)/C=C/CN(C)C)C3)s1. The molecule has 1 spiro atoms. The summed E-state index contributed by atoms with van der Waals surface area (Å²) in [7, 11) is 3.97.